The van der Waals surface area contributed by atoms with Crippen molar-refractivity contribution in [3.05, 3.63) is 96.0 Å². The Morgan fingerprint density at radius 3 is 2.68 bits per heavy atom. The molecule has 3 aromatic carbocycles. The van der Waals surface area contributed by atoms with Gasteiger partial charge in [0.2, 0.25) is 6.33 Å². The van der Waals surface area contributed by atoms with Crippen LogP contribution in [0.15, 0.2) is 85.5 Å². The average molecular weight is 394 g/mol. The molecule has 0 aliphatic rings. The number of aromatic nitrogens is 2. The van der Waals surface area contributed by atoms with Crippen LogP contribution < -0.4 is 9.30 Å². The van der Waals surface area contributed by atoms with E-state index in [0.717, 1.165) is 27.1 Å². The summed E-state index contributed by atoms with van der Waals surface area (Å²) >= 11 is 6.23. The van der Waals surface area contributed by atoms with Gasteiger partial charge in [0, 0.05) is 16.0 Å². The molecule has 5 heteroatoms. The second-order valence-electron chi connectivity index (χ2n) is 6.82. The van der Waals surface area contributed by atoms with E-state index >= 15 is 0 Å². The zero-order valence-electron chi connectivity index (χ0n) is 15.4. The summed E-state index contributed by atoms with van der Waals surface area (Å²) in [6.07, 6.45) is 5.27. The van der Waals surface area contributed by atoms with E-state index in [1.54, 1.807) is 0 Å². The normalized spacial score (nSPS) is 12.2. The predicted octanol–water partition coefficient (Wildman–Crippen LogP) is 4.07. The molecule has 0 saturated heterocycles. The summed E-state index contributed by atoms with van der Waals surface area (Å²) in [7, 11) is 0. The molecule has 0 aliphatic heterocycles. The third-order valence-electron chi connectivity index (χ3n) is 4.66. The lowest BCUT2D eigenvalue weighted by Gasteiger charge is -2.12. The fourth-order valence-corrected chi connectivity index (χ4v) is 3.46. The Hall–Kier alpha value is -2.82. The maximum absolute atomic E-state index is 10.4. The van der Waals surface area contributed by atoms with Gasteiger partial charge >= 0.3 is 0 Å². The van der Waals surface area contributed by atoms with Crippen LogP contribution in [0, 0.1) is 0 Å². The Morgan fingerprint density at radius 1 is 1.00 bits per heavy atom. The molecular formula is C23H22ClN2O2+. The van der Waals surface area contributed by atoms with Crippen molar-refractivity contribution < 1.29 is 14.4 Å². The fraction of sp³-hybridized carbons (Fsp3) is 0.174. The van der Waals surface area contributed by atoms with E-state index in [1.807, 2.05) is 82.5 Å². The summed E-state index contributed by atoms with van der Waals surface area (Å²) in [5.41, 5.74) is 1.06. The average Bonchev–Trinajstić information content (AvgIpc) is 3.15. The highest BCUT2D eigenvalue weighted by Gasteiger charge is 2.13. The summed E-state index contributed by atoms with van der Waals surface area (Å²) < 4.78 is 9.88. The number of aliphatic hydroxyl groups excluding tert-OH is 1. The molecule has 142 valence electrons. The molecule has 0 bridgehead atoms. The highest BCUT2D eigenvalue weighted by molar-refractivity contribution is 6.31. The lowest BCUT2D eigenvalue weighted by atomic mass is 10.1. The standard InChI is InChI=1S/C23H22ClN2O2/c24-22-10-4-2-7-19(22)14-25-12-13-26(17-25)15-20(27)16-28-23-11-5-8-18-6-1-3-9-21(18)23/h1-13,17,20,27H,14-16H2/q+1/t20-/m1/s1. The molecule has 0 radical (unpaired) electrons. The van der Waals surface area contributed by atoms with E-state index < -0.39 is 6.10 Å². The minimum Gasteiger partial charge on any atom is -0.490 e. The Morgan fingerprint density at radius 2 is 1.79 bits per heavy atom. The minimum atomic E-state index is -0.611. The molecule has 0 amide bonds. The van der Waals surface area contributed by atoms with Crippen LogP contribution in [0.5, 0.6) is 5.75 Å². The first-order valence-electron chi connectivity index (χ1n) is 9.26. The van der Waals surface area contributed by atoms with Crippen molar-refractivity contribution in [1.29, 1.82) is 0 Å². The van der Waals surface area contributed by atoms with Gasteiger partial charge in [0.15, 0.2) is 0 Å². The first kappa shape index (κ1) is 18.5. The van der Waals surface area contributed by atoms with Gasteiger partial charge in [-0.2, -0.15) is 0 Å². The maximum atomic E-state index is 10.4. The van der Waals surface area contributed by atoms with Crippen LogP contribution in [0.2, 0.25) is 5.02 Å². The number of imidazole rings is 1. The van der Waals surface area contributed by atoms with E-state index in [9.17, 15) is 5.11 Å². The number of ether oxygens (including phenoxy) is 1. The highest BCUT2D eigenvalue weighted by Crippen LogP contribution is 2.25. The molecule has 0 unspecified atom stereocenters. The van der Waals surface area contributed by atoms with Crippen LogP contribution in [0.3, 0.4) is 0 Å². The van der Waals surface area contributed by atoms with E-state index in [2.05, 4.69) is 12.1 Å². The summed E-state index contributed by atoms with van der Waals surface area (Å²) in [5, 5.41) is 13.3. The third-order valence-corrected chi connectivity index (χ3v) is 5.03. The van der Waals surface area contributed by atoms with Crippen LogP contribution in [-0.4, -0.2) is 22.4 Å². The van der Waals surface area contributed by atoms with Gasteiger partial charge in [0.05, 0.1) is 0 Å². The van der Waals surface area contributed by atoms with Crippen LogP contribution in [-0.2, 0) is 13.1 Å². The van der Waals surface area contributed by atoms with Gasteiger partial charge in [-0.3, -0.25) is 0 Å². The molecule has 0 fully saturated rings. The zero-order chi connectivity index (χ0) is 19.3. The number of fused-ring (bicyclic) bond motifs is 1. The molecule has 1 N–H and O–H groups in total. The topological polar surface area (TPSA) is 38.3 Å². The Labute approximate surface area is 169 Å². The number of rotatable bonds is 7. The summed E-state index contributed by atoms with van der Waals surface area (Å²) in [6, 6.07) is 21.8. The van der Waals surface area contributed by atoms with Gasteiger partial charge < -0.3 is 9.84 Å². The monoisotopic (exact) mass is 393 g/mol. The van der Waals surface area contributed by atoms with Crippen molar-refractivity contribution in [3.63, 3.8) is 0 Å². The highest BCUT2D eigenvalue weighted by atomic mass is 35.5. The Balaban J connectivity index is 1.36. The molecule has 1 atom stereocenters. The molecule has 1 aromatic heterocycles. The van der Waals surface area contributed by atoms with Crippen molar-refractivity contribution in [3.8, 4) is 5.75 Å². The second kappa shape index (κ2) is 8.46. The smallest absolute Gasteiger partial charge is 0.244 e. The molecule has 4 rings (SSSR count). The number of nitrogens with zero attached hydrogens (tertiary/aromatic N) is 2. The quantitative estimate of drug-likeness (QED) is 0.481. The zero-order valence-corrected chi connectivity index (χ0v) is 16.2. The van der Waals surface area contributed by atoms with Crippen LogP contribution in [0.4, 0.5) is 0 Å². The molecule has 0 spiro atoms. The van der Waals surface area contributed by atoms with Gasteiger partial charge in [-0.05, 0) is 17.5 Å². The van der Waals surface area contributed by atoms with Crippen molar-refractivity contribution >= 4 is 22.4 Å². The van der Waals surface area contributed by atoms with Gasteiger partial charge in [0.1, 0.15) is 43.9 Å². The van der Waals surface area contributed by atoms with Crippen LogP contribution >= 0.6 is 11.6 Å². The Bertz CT molecular complexity index is 1070. The molecule has 0 aliphatic carbocycles. The minimum absolute atomic E-state index is 0.233. The number of aliphatic hydroxyl groups is 1. The molecule has 1 heterocycles. The van der Waals surface area contributed by atoms with Gasteiger partial charge in [-0.1, -0.05) is 66.2 Å². The third kappa shape index (κ3) is 4.35. The SMILES string of the molecule is O[C@@H](COc1cccc2ccccc12)Cn1cc[n+](Cc2ccccc2Cl)c1. The number of halogens is 1. The summed E-state index contributed by atoms with van der Waals surface area (Å²) in [4.78, 5) is 0. The van der Waals surface area contributed by atoms with E-state index in [-0.39, 0.29) is 6.61 Å². The maximum Gasteiger partial charge on any atom is 0.244 e. The number of hydrogen-bond donors (Lipinski definition) is 1. The lowest BCUT2D eigenvalue weighted by Crippen LogP contribution is -2.32. The molecular weight excluding hydrogens is 372 g/mol. The fourth-order valence-electron chi connectivity index (χ4n) is 3.27. The predicted molar refractivity (Wildman–Crippen MR) is 111 cm³/mol. The van der Waals surface area contributed by atoms with E-state index in [4.69, 9.17) is 16.3 Å². The second-order valence-corrected chi connectivity index (χ2v) is 7.22. The largest absolute Gasteiger partial charge is 0.490 e. The first-order chi connectivity index (χ1) is 13.7. The summed E-state index contributed by atoms with van der Waals surface area (Å²) in [6.45, 7) is 1.38. The number of benzene rings is 3. The van der Waals surface area contributed by atoms with Crippen molar-refractivity contribution in [2.45, 2.75) is 19.2 Å². The van der Waals surface area contributed by atoms with E-state index in [1.165, 1.54) is 0 Å². The van der Waals surface area contributed by atoms with Gasteiger partial charge in [-0.15, -0.1) is 0 Å². The van der Waals surface area contributed by atoms with Crippen molar-refractivity contribution in [2.24, 2.45) is 0 Å². The van der Waals surface area contributed by atoms with Gasteiger partial charge in [0.25, 0.3) is 0 Å². The number of hydrogen-bond acceptors (Lipinski definition) is 2. The van der Waals surface area contributed by atoms with Crippen molar-refractivity contribution in [1.82, 2.24) is 4.57 Å². The van der Waals surface area contributed by atoms with E-state index in [0.29, 0.717) is 13.1 Å². The van der Waals surface area contributed by atoms with Crippen LogP contribution in [0.25, 0.3) is 10.8 Å². The molecule has 4 nitrogen and oxygen atoms in total. The van der Waals surface area contributed by atoms with Gasteiger partial charge in [-0.25, -0.2) is 9.13 Å². The Kier molecular flexibility index (Phi) is 5.60. The van der Waals surface area contributed by atoms with Crippen molar-refractivity contribution in [2.75, 3.05) is 6.61 Å². The molecule has 4 aromatic rings. The first-order valence-corrected chi connectivity index (χ1v) is 9.64. The molecule has 0 saturated carbocycles. The van der Waals surface area contributed by atoms with Crippen LogP contribution in [0.1, 0.15) is 5.56 Å². The lowest BCUT2D eigenvalue weighted by molar-refractivity contribution is -0.687. The molecule has 28 heavy (non-hydrogen) atoms. The summed E-state index contributed by atoms with van der Waals surface area (Å²) in [5.74, 6) is 0.790.